The van der Waals surface area contributed by atoms with Crippen molar-refractivity contribution in [1.29, 1.82) is 0 Å². The summed E-state index contributed by atoms with van der Waals surface area (Å²) in [7, 11) is 0. The second-order valence-corrected chi connectivity index (χ2v) is 6.96. The fourth-order valence-electron chi connectivity index (χ4n) is 3.31. The van der Waals surface area contributed by atoms with Gasteiger partial charge in [0, 0.05) is 26.1 Å². The van der Waals surface area contributed by atoms with Crippen LogP contribution in [-0.2, 0) is 11.3 Å². The summed E-state index contributed by atoms with van der Waals surface area (Å²) in [5.41, 5.74) is 0.806. The van der Waals surface area contributed by atoms with Crippen LogP contribution in [0.25, 0.3) is 16.7 Å². The van der Waals surface area contributed by atoms with E-state index < -0.39 is 0 Å². The molecule has 0 saturated carbocycles. The van der Waals surface area contributed by atoms with Crippen molar-refractivity contribution in [2.45, 2.75) is 46.6 Å². The van der Waals surface area contributed by atoms with Gasteiger partial charge in [-0.15, -0.1) is 0 Å². The minimum absolute atomic E-state index is 0.0364. The van der Waals surface area contributed by atoms with Crippen LogP contribution in [-0.4, -0.2) is 43.2 Å². The number of rotatable bonds is 8. The molecule has 7 nitrogen and oxygen atoms in total. The number of unbranched alkanes of at least 4 members (excludes halogenated alkanes) is 1. The molecule has 0 unspecified atom stereocenters. The number of aromatic nitrogens is 4. The Labute approximate surface area is 168 Å². The average molecular weight is 399 g/mol. The highest BCUT2D eigenvalue weighted by Gasteiger charge is 2.16. The van der Waals surface area contributed by atoms with Crippen LogP contribution < -0.4 is 5.56 Å². The predicted octanol–water partition coefficient (Wildman–Crippen LogP) is 3.07. The lowest BCUT2D eigenvalue weighted by Gasteiger charge is -2.21. The highest BCUT2D eigenvalue weighted by atomic mass is 19.1. The minimum Gasteiger partial charge on any atom is -0.343 e. The molecule has 29 heavy (non-hydrogen) atoms. The Bertz CT molecular complexity index is 1060. The Morgan fingerprint density at radius 2 is 1.93 bits per heavy atom. The second kappa shape index (κ2) is 8.98. The Morgan fingerprint density at radius 1 is 1.21 bits per heavy atom. The highest BCUT2D eigenvalue weighted by molar-refractivity contribution is 5.77. The van der Waals surface area contributed by atoms with Gasteiger partial charge in [0.2, 0.25) is 5.91 Å². The van der Waals surface area contributed by atoms with E-state index in [1.165, 1.54) is 27.6 Å². The number of nitrogens with zero attached hydrogens (tertiary/aromatic N) is 5. The Hall–Kier alpha value is -3.03. The molecular weight excluding hydrogens is 373 g/mol. The fourth-order valence-corrected chi connectivity index (χ4v) is 3.31. The molecule has 0 spiro atoms. The molecule has 1 aromatic carbocycles. The smallest absolute Gasteiger partial charge is 0.264 e. The van der Waals surface area contributed by atoms with Crippen LogP contribution in [0.1, 0.15) is 38.9 Å². The molecule has 2 aromatic heterocycles. The molecule has 3 rings (SSSR count). The van der Waals surface area contributed by atoms with Crippen LogP contribution in [0, 0.1) is 12.7 Å². The van der Waals surface area contributed by atoms with Gasteiger partial charge in [-0.1, -0.05) is 13.3 Å². The summed E-state index contributed by atoms with van der Waals surface area (Å²) in [5, 5.41) is 4.62. The van der Waals surface area contributed by atoms with E-state index in [0.29, 0.717) is 29.1 Å². The molecule has 0 aliphatic carbocycles. The lowest BCUT2D eigenvalue weighted by molar-refractivity contribution is -0.131. The van der Waals surface area contributed by atoms with E-state index in [2.05, 4.69) is 17.0 Å². The van der Waals surface area contributed by atoms with Gasteiger partial charge >= 0.3 is 0 Å². The van der Waals surface area contributed by atoms with Crippen molar-refractivity contribution in [3.8, 4) is 5.69 Å². The van der Waals surface area contributed by atoms with E-state index in [1.807, 2.05) is 11.8 Å². The zero-order valence-electron chi connectivity index (χ0n) is 17.1. The van der Waals surface area contributed by atoms with Gasteiger partial charge in [0.15, 0.2) is 5.65 Å². The van der Waals surface area contributed by atoms with Crippen molar-refractivity contribution in [2.75, 3.05) is 13.1 Å². The van der Waals surface area contributed by atoms with E-state index >= 15 is 0 Å². The normalized spacial score (nSPS) is 11.2. The summed E-state index contributed by atoms with van der Waals surface area (Å²) in [6, 6.07) is 5.83. The lowest BCUT2D eigenvalue weighted by atomic mass is 10.2. The maximum Gasteiger partial charge on any atom is 0.264 e. The number of amides is 1. The molecule has 0 aliphatic rings. The van der Waals surface area contributed by atoms with Gasteiger partial charge in [0.05, 0.1) is 11.9 Å². The maximum atomic E-state index is 13.2. The molecule has 154 valence electrons. The van der Waals surface area contributed by atoms with Gasteiger partial charge < -0.3 is 4.90 Å². The molecule has 0 atom stereocenters. The molecule has 1 amide bonds. The second-order valence-electron chi connectivity index (χ2n) is 6.96. The number of hydrogen-bond acceptors (Lipinski definition) is 4. The maximum absolute atomic E-state index is 13.2. The third-order valence-electron chi connectivity index (χ3n) is 5.01. The summed E-state index contributed by atoms with van der Waals surface area (Å²) in [6.45, 7) is 7.46. The van der Waals surface area contributed by atoms with Crippen LogP contribution in [0.15, 0.2) is 35.3 Å². The third-order valence-corrected chi connectivity index (χ3v) is 5.01. The Balaban J connectivity index is 1.86. The first-order valence-corrected chi connectivity index (χ1v) is 9.95. The zero-order chi connectivity index (χ0) is 21.0. The number of halogens is 1. The summed E-state index contributed by atoms with van der Waals surface area (Å²) >= 11 is 0. The summed E-state index contributed by atoms with van der Waals surface area (Å²) in [4.78, 5) is 31.8. The van der Waals surface area contributed by atoms with Gasteiger partial charge in [-0.2, -0.15) is 5.10 Å². The first kappa shape index (κ1) is 20.7. The molecule has 8 heteroatoms. The van der Waals surface area contributed by atoms with Crippen molar-refractivity contribution in [3.63, 3.8) is 0 Å². The molecule has 0 aliphatic heterocycles. The topological polar surface area (TPSA) is 73.0 Å². The van der Waals surface area contributed by atoms with E-state index in [9.17, 15) is 14.0 Å². The Morgan fingerprint density at radius 3 is 2.59 bits per heavy atom. The minimum atomic E-state index is -0.346. The van der Waals surface area contributed by atoms with Gasteiger partial charge in [-0.05, 0) is 44.5 Å². The van der Waals surface area contributed by atoms with E-state index in [0.717, 1.165) is 19.4 Å². The molecule has 2 heterocycles. The summed E-state index contributed by atoms with van der Waals surface area (Å²) < 4.78 is 16.2. The van der Waals surface area contributed by atoms with Crippen molar-refractivity contribution >= 4 is 16.9 Å². The van der Waals surface area contributed by atoms with Crippen LogP contribution in [0.2, 0.25) is 0 Å². The van der Waals surface area contributed by atoms with Crippen LogP contribution in [0.3, 0.4) is 0 Å². The molecule has 0 N–H and O–H groups in total. The first-order valence-electron chi connectivity index (χ1n) is 9.95. The number of hydrogen-bond donors (Lipinski definition) is 0. The SMILES string of the molecule is CCCCN(CC)C(=O)CCn1c(C)nc2c(cnn2-c2ccc(F)cc2)c1=O. The fraction of sp³-hybridized carbons (Fsp3) is 0.429. The molecule has 0 bridgehead atoms. The number of aryl methyl sites for hydroxylation is 1. The quantitative estimate of drug-likeness (QED) is 0.584. The first-order chi connectivity index (χ1) is 14.0. The molecule has 0 saturated heterocycles. The van der Waals surface area contributed by atoms with Crippen molar-refractivity contribution in [3.05, 3.63) is 52.5 Å². The van der Waals surface area contributed by atoms with Gasteiger partial charge in [-0.25, -0.2) is 14.1 Å². The van der Waals surface area contributed by atoms with Crippen LogP contribution >= 0.6 is 0 Å². The van der Waals surface area contributed by atoms with Gasteiger partial charge in [-0.3, -0.25) is 14.2 Å². The average Bonchev–Trinajstić information content (AvgIpc) is 3.13. The van der Waals surface area contributed by atoms with Crippen LogP contribution in [0.4, 0.5) is 4.39 Å². The van der Waals surface area contributed by atoms with Crippen molar-refractivity contribution < 1.29 is 9.18 Å². The highest BCUT2D eigenvalue weighted by Crippen LogP contribution is 2.15. The molecule has 0 radical (unpaired) electrons. The number of fused-ring (bicyclic) bond motifs is 1. The van der Waals surface area contributed by atoms with Gasteiger partial charge in [0.25, 0.3) is 5.56 Å². The van der Waals surface area contributed by atoms with Crippen LogP contribution in [0.5, 0.6) is 0 Å². The van der Waals surface area contributed by atoms with E-state index in [1.54, 1.807) is 19.1 Å². The summed E-state index contributed by atoms with van der Waals surface area (Å²) in [6.07, 6.45) is 3.71. The van der Waals surface area contributed by atoms with Crippen molar-refractivity contribution in [1.82, 2.24) is 24.2 Å². The van der Waals surface area contributed by atoms with Gasteiger partial charge in [0.1, 0.15) is 17.0 Å². The molecule has 3 aromatic rings. The number of carbonyl (C=O) groups excluding carboxylic acids is 1. The predicted molar refractivity (Wildman–Crippen MR) is 110 cm³/mol. The molecular formula is C21H26FN5O2. The monoisotopic (exact) mass is 399 g/mol. The number of benzene rings is 1. The molecule has 0 fully saturated rings. The standard InChI is InChI=1S/C21H26FN5O2/c1-4-6-12-25(5-2)19(28)11-13-26-15(3)24-20-18(21(26)29)14-23-27(20)17-9-7-16(22)8-10-17/h7-10,14H,4-6,11-13H2,1-3H3. The van der Waals surface area contributed by atoms with E-state index in [-0.39, 0.29) is 30.2 Å². The van der Waals surface area contributed by atoms with Crippen molar-refractivity contribution in [2.24, 2.45) is 0 Å². The largest absolute Gasteiger partial charge is 0.343 e. The zero-order valence-corrected chi connectivity index (χ0v) is 17.1. The lowest BCUT2D eigenvalue weighted by Crippen LogP contribution is -2.34. The van der Waals surface area contributed by atoms with E-state index in [4.69, 9.17) is 0 Å². The number of carbonyl (C=O) groups is 1. The summed E-state index contributed by atoms with van der Waals surface area (Å²) in [5.74, 6) is 0.201. The Kier molecular flexibility index (Phi) is 6.41. The third kappa shape index (κ3) is 4.36.